The maximum Gasteiger partial charge on any atom is 0.414 e. The Morgan fingerprint density at radius 3 is 2.21 bits per heavy atom. The molecule has 2 aliphatic rings. The monoisotopic (exact) mass is 477 g/mol. The summed E-state index contributed by atoms with van der Waals surface area (Å²) in [6.45, 7) is 4.22. The Hall–Kier alpha value is -2.22. The number of carbonyl (C=O) groups is 1. The molecule has 1 atom stereocenters. The lowest BCUT2D eigenvalue weighted by atomic mass is 9.99. The third-order valence-corrected chi connectivity index (χ3v) is 7.90. The van der Waals surface area contributed by atoms with Gasteiger partial charge in [0.1, 0.15) is 0 Å². The quantitative estimate of drug-likeness (QED) is 0.619. The number of amides is 1. The van der Waals surface area contributed by atoms with E-state index in [2.05, 4.69) is 36.3 Å². The number of nitrogens with one attached hydrogen (secondary N) is 1. The molecule has 4 rings (SSSR count). The molecule has 0 bridgehead atoms. The fourth-order valence-corrected chi connectivity index (χ4v) is 6.10. The van der Waals surface area contributed by atoms with E-state index >= 15 is 0 Å². The summed E-state index contributed by atoms with van der Waals surface area (Å²) in [5.74, 6) is 0.821. The van der Waals surface area contributed by atoms with Gasteiger partial charge in [0, 0.05) is 19.0 Å². The van der Waals surface area contributed by atoms with Crippen molar-refractivity contribution in [3.8, 4) is 0 Å². The van der Waals surface area contributed by atoms with Crippen molar-refractivity contribution in [2.75, 3.05) is 23.9 Å². The maximum absolute atomic E-state index is 14.0. The first-order valence-electron chi connectivity index (χ1n) is 11.4. The molecule has 1 aromatic carbocycles. The SMILES string of the molecule is Cc1ccc(C)c2c1CC(Nc1ccc([C@H](N(C)C(=O)C3CCSCC3)C(F)(F)F)nc1)C2. The van der Waals surface area contributed by atoms with Crippen molar-refractivity contribution in [2.24, 2.45) is 5.92 Å². The molecule has 0 unspecified atom stereocenters. The Kier molecular flexibility index (Phi) is 6.93. The summed E-state index contributed by atoms with van der Waals surface area (Å²) >= 11 is 1.74. The van der Waals surface area contributed by atoms with Crippen LogP contribution in [-0.2, 0) is 17.6 Å². The van der Waals surface area contributed by atoms with Crippen molar-refractivity contribution < 1.29 is 18.0 Å². The predicted octanol–water partition coefficient (Wildman–Crippen LogP) is 5.48. The van der Waals surface area contributed by atoms with Crippen molar-refractivity contribution in [1.29, 1.82) is 0 Å². The van der Waals surface area contributed by atoms with Crippen molar-refractivity contribution >= 4 is 23.4 Å². The summed E-state index contributed by atoms with van der Waals surface area (Å²) < 4.78 is 42.0. The van der Waals surface area contributed by atoms with Crippen LogP contribution < -0.4 is 5.32 Å². The first-order valence-corrected chi connectivity index (χ1v) is 12.5. The van der Waals surface area contributed by atoms with Gasteiger partial charge in [-0.2, -0.15) is 24.9 Å². The molecular formula is C25H30F3N3OS. The number of anilines is 1. The summed E-state index contributed by atoms with van der Waals surface area (Å²) in [7, 11) is 1.25. The molecule has 4 nitrogen and oxygen atoms in total. The lowest BCUT2D eigenvalue weighted by Crippen LogP contribution is -2.43. The van der Waals surface area contributed by atoms with Crippen LogP contribution in [0.4, 0.5) is 18.9 Å². The molecule has 1 amide bonds. The summed E-state index contributed by atoms with van der Waals surface area (Å²) in [6, 6.07) is 5.43. The minimum Gasteiger partial charge on any atom is -0.380 e. The predicted molar refractivity (Wildman–Crippen MR) is 127 cm³/mol. The number of fused-ring (bicyclic) bond motifs is 1. The van der Waals surface area contributed by atoms with E-state index in [1.807, 2.05) is 0 Å². The molecule has 1 aliphatic heterocycles. The van der Waals surface area contributed by atoms with Gasteiger partial charge in [0.05, 0.1) is 17.6 Å². The second-order valence-electron chi connectivity index (χ2n) is 9.16. The van der Waals surface area contributed by atoms with Crippen LogP contribution in [-0.4, -0.2) is 46.6 Å². The number of halogens is 3. The number of aromatic nitrogens is 1. The van der Waals surface area contributed by atoms with Gasteiger partial charge in [0.2, 0.25) is 5.91 Å². The third kappa shape index (κ3) is 5.15. The molecule has 0 spiro atoms. The lowest BCUT2D eigenvalue weighted by Gasteiger charge is -2.33. The van der Waals surface area contributed by atoms with Crippen molar-refractivity contribution in [2.45, 2.75) is 57.8 Å². The van der Waals surface area contributed by atoms with E-state index < -0.39 is 18.1 Å². The Labute approximate surface area is 197 Å². The molecule has 1 aromatic heterocycles. The number of carbonyl (C=O) groups excluding carboxylic acids is 1. The second-order valence-corrected chi connectivity index (χ2v) is 10.4. The van der Waals surface area contributed by atoms with E-state index in [4.69, 9.17) is 0 Å². The van der Waals surface area contributed by atoms with E-state index in [9.17, 15) is 18.0 Å². The summed E-state index contributed by atoms with van der Waals surface area (Å²) in [5.41, 5.74) is 5.78. The number of benzene rings is 1. The van der Waals surface area contributed by atoms with Crippen molar-refractivity contribution in [1.82, 2.24) is 9.88 Å². The van der Waals surface area contributed by atoms with Crippen LogP contribution >= 0.6 is 11.8 Å². The highest BCUT2D eigenvalue weighted by molar-refractivity contribution is 7.99. The molecule has 1 aliphatic carbocycles. The van der Waals surface area contributed by atoms with Gasteiger partial charge in [-0.3, -0.25) is 9.78 Å². The average molecular weight is 478 g/mol. The van der Waals surface area contributed by atoms with Crippen LogP contribution in [0.25, 0.3) is 0 Å². The zero-order valence-electron chi connectivity index (χ0n) is 19.2. The smallest absolute Gasteiger partial charge is 0.380 e. The van der Waals surface area contributed by atoms with Gasteiger partial charge in [-0.1, -0.05) is 12.1 Å². The number of nitrogens with zero attached hydrogens (tertiary/aromatic N) is 2. The number of hydrogen-bond acceptors (Lipinski definition) is 4. The molecule has 0 radical (unpaired) electrons. The van der Waals surface area contributed by atoms with Crippen LogP contribution in [0.5, 0.6) is 0 Å². The number of aryl methyl sites for hydroxylation is 2. The Bertz CT molecular complexity index is 972. The molecule has 178 valence electrons. The van der Waals surface area contributed by atoms with Crippen LogP contribution in [0.1, 0.15) is 46.8 Å². The van der Waals surface area contributed by atoms with E-state index in [0.717, 1.165) is 29.2 Å². The fourth-order valence-electron chi connectivity index (χ4n) is 5.00. The third-order valence-electron chi connectivity index (χ3n) is 6.85. The van der Waals surface area contributed by atoms with Gasteiger partial charge in [0.25, 0.3) is 0 Å². The first kappa shape index (κ1) is 23.9. The highest BCUT2D eigenvalue weighted by Gasteiger charge is 2.47. The van der Waals surface area contributed by atoms with E-state index in [-0.39, 0.29) is 17.7 Å². The van der Waals surface area contributed by atoms with Crippen molar-refractivity contribution in [3.05, 3.63) is 58.4 Å². The number of alkyl halides is 3. The van der Waals surface area contributed by atoms with E-state index in [1.54, 1.807) is 17.8 Å². The summed E-state index contributed by atoms with van der Waals surface area (Å²) in [6.07, 6.45) is -0.140. The zero-order chi connectivity index (χ0) is 23.8. The van der Waals surface area contributed by atoms with E-state index in [1.165, 1.54) is 41.6 Å². The topological polar surface area (TPSA) is 45.2 Å². The lowest BCUT2D eigenvalue weighted by molar-refractivity contribution is -0.191. The van der Waals surface area contributed by atoms with Crippen LogP contribution in [0.2, 0.25) is 0 Å². The second kappa shape index (κ2) is 9.57. The maximum atomic E-state index is 14.0. The van der Waals surface area contributed by atoms with Gasteiger partial charge in [-0.05, 0) is 85.4 Å². The molecule has 1 saturated heterocycles. The molecule has 0 saturated carbocycles. The first-order chi connectivity index (χ1) is 15.6. The van der Waals surface area contributed by atoms with Crippen LogP contribution in [0.3, 0.4) is 0 Å². The van der Waals surface area contributed by atoms with Gasteiger partial charge in [-0.15, -0.1) is 0 Å². The summed E-state index contributed by atoms with van der Waals surface area (Å²) in [5, 5.41) is 3.42. The highest BCUT2D eigenvalue weighted by atomic mass is 32.2. The van der Waals surface area contributed by atoms with Gasteiger partial charge in [-0.25, -0.2) is 0 Å². The normalized spacial score (nSPS) is 18.1. The van der Waals surface area contributed by atoms with Gasteiger partial charge < -0.3 is 10.2 Å². The molecule has 33 heavy (non-hydrogen) atoms. The zero-order valence-corrected chi connectivity index (χ0v) is 20.0. The van der Waals surface area contributed by atoms with Crippen LogP contribution in [0.15, 0.2) is 30.5 Å². The Balaban J connectivity index is 1.47. The highest BCUT2D eigenvalue weighted by Crippen LogP contribution is 2.38. The minimum absolute atomic E-state index is 0.157. The molecule has 1 fully saturated rings. The van der Waals surface area contributed by atoms with E-state index in [0.29, 0.717) is 18.5 Å². The Morgan fingerprint density at radius 2 is 1.70 bits per heavy atom. The van der Waals surface area contributed by atoms with Crippen LogP contribution in [0, 0.1) is 19.8 Å². The number of hydrogen-bond donors (Lipinski definition) is 1. The summed E-state index contributed by atoms with van der Waals surface area (Å²) in [4.78, 5) is 17.8. The minimum atomic E-state index is -4.60. The molecule has 2 aromatic rings. The molecular weight excluding hydrogens is 447 g/mol. The van der Waals surface area contributed by atoms with Crippen molar-refractivity contribution in [3.63, 3.8) is 0 Å². The van der Waals surface area contributed by atoms with Gasteiger partial charge in [0.15, 0.2) is 6.04 Å². The van der Waals surface area contributed by atoms with Gasteiger partial charge >= 0.3 is 6.18 Å². The Morgan fingerprint density at radius 1 is 1.09 bits per heavy atom. The number of rotatable bonds is 5. The molecule has 2 heterocycles. The average Bonchev–Trinajstić information content (AvgIpc) is 3.22. The largest absolute Gasteiger partial charge is 0.414 e. The number of pyridine rings is 1. The molecule has 1 N–H and O–H groups in total. The molecule has 8 heteroatoms. The fraction of sp³-hybridized carbons (Fsp3) is 0.520. The number of thioether (sulfide) groups is 1. The standard InChI is InChI=1S/C25H30F3N3OS/c1-15-4-5-16(2)21-13-19(12-20(15)21)30-18-6-7-22(29-14-18)23(25(26,27)28)31(3)24(32)17-8-10-33-11-9-17/h4-7,14,17,19,23,30H,8-13H2,1-3H3/t23-/m0/s1.